The van der Waals surface area contributed by atoms with Crippen LogP contribution in [0.25, 0.3) is 0 Å². The maximum absolute atomic E-state index is 10.3. The molecular formula is C24H44OSr. The molecule has 1 N–H and O–H groups in total. The van der Waals surface area contributed by atoms with E-state index in [1.54, 1.807) is 0 Å². The third-order valence-corrected chi connectivity index (χ3v) is 5.33. The summed E-state index contributed by atoms with van der Waals surface area (Å²) in [5, 5.41) is 10.3. The van der Waals surface area contributed by atoms with Gasteiger partial charge in [-0.05, 0) is 42.9 Å². The molecule has 0 unspecified atom stereocenters. The van der Waals surface area contributed by atoms with Crippen molar-refractivity contribution in [2.45, 2.75) is 117 Å². The van der Waals surface area contributed by atoms with Gasteiger partial charge >= 0.3 is 45.5 Å². The molecule has 0 aliphatic rings. The molecule has 148 valence electrons. The van der Waals surface area contributed by atoms with Crippen molar-refractivity contribution in [3.8, 4) is 5.75 Å². The third-order valence-electron chi connectivity index (χ3n) is 5.33. The molecule has 0 aliphatic heterocycles. The minimum atomic E-state index is 0. The summed E-state index contributed by atoms with van der Waals surface area (Å²) in [6.45, 7) is 4.54. The maximum atomic E-state index is 10.3. The molecule has 1 rings (SSSR count). The van der Waals surface area contributed by atoms with Crippen LogP contribution in [0.3, 0.4) is 0 Å². The predicted octanol–water partition coefficient (Wildman–Crippen LogP) is 7.82. The summed E-state index contributed by atoms with van der Waals surface area (Å²) in [6, 6.07) is 6.11. The molecule has 1 aromatic carbocycles. The molecule has 0 saturated heterocycles. The van der Waals surface area contributed by atoms with Crippen LogP contribution < -0.4 is 0 Å². The maximum Gasteiger partial charge on any atom is 2.00 e. The summed E-state index contributed by atoms with van der Waals surface area (Å²) in [6.07, 6.45) is 21.0. The molecular weight excluding hydrogens is 392 g/mol. The first kappa shape index (κ1) is 26.5. The summed E-state index contributed by atoms with van der Waals surface area (Å²) >= 11 is 0. The molecule has 0 heterocycles. The Morgan fingerprint density at radius 2 is 1.12 bits per heavy atom. The summed E-state index contributed by atoms with van der Waals surface area (Å²) in [7, 11) is 0. The Morgan fingerprint density at radius 3 is 1.65 bits per heavy atom. The molecule has 1 aromatic rings. The van der Waals surface area contributed by atoms with Crippen molar-refractivity contribution in [1.82, 2.24) is 0 Å². The summed E-state index contributed by atoms with van der Waals surface area (Å²) in [5.74, 6) is 0.520. The zero-order valence-electron chi connectivity index (χ0n) is 19.7. The topological polar surface area (TPSA) is 20.2 Å². The van der Waals surface area contributed by atoms with E-state index in [9.17, 15) is 5.11 Å². The van der Waals surface area contributed by atoms with E-state index in [0.29, 0.717) is 5.75 Å². The van der Waals surface area contributed by atoms with Gasteiger partial charge < -0.3 is 7.96 Å². The second-order valence-electron chi connectivity index (χ2n) is 7.66. The van der Waals surface area contributed by atoms with Gasteiger partial charge in [0.05, 0.1) is 0 Å². The van der Waals surface area contributed by atoms with Crippen molar-refractivity contribution in [2.75, 3.05) is 0 Å². The van der Waals surface area contributed by atoms with E-state index in [0.717, 1.165) is 12.8 Å². The van der Waals surface area contributed by atoms with Crippen molar-refractivity contribution in [2.24, 2.45) is 0 Å². The Morgan fingerprint density at radius 1 is 0.654 bits per heavy atom. The Balaban J connectivity index is -0.00000208. The van der Waals surface area contributed by atoms with E-state index < -0.39 is 0 Å². The largest absolute Gasteiger partial charge is 2.00 e. The Labute approximate surface area is 203 Å². The number of hydrogen-bond donors (Lipinski definition) is 1. The second kappa shape index (κ2) is 18.8. The van der Waals surface area contributed by atoms with Crippen LogP contribution in [0, 0.1) is 0 Å². The number of aryl methyl sites for hydroxylation is 1. The molecule has 26 heavy (non-hydrogen) atoms. The van der Waals surface area contributed by atoms with Crippen molar-refractivity contribution in [3.63, 3.8) is 0 Å². The molecule has 0 amide bonds. The zero-order valence-corrected chi connectivity index (χ0v) is 21.2. The fourth-order valence-corrected chi connectivity index (χ4v) is 3.68. The normalized spacial score (nSPS) is 10.7. The SMILES string of the molecule is CCCCCCCCCc1cccc(O)c1CCCCCCCCC.[H-].[H-].[Sr+2]. The summed E-state index contributed by atoms with van der Waals surface area (Å²) < 4.78 is 0. The van der Waals surface area contributed by atoms with Crippen LogP contribution in [0.1, 0.15) is 118 Å². The monoisotopic (exact) mass is 436 g/mol. The van der Waals surface area contributed by atoms with Gasteiger partial charge in [0, 0.05) is 0 Å². The number of aromatic hydroxyl groups is 1. The predicted molar refractivity (Wildman–Crippen MR) is 119 cm³/mol. The van der Waals surface area contributed by atoms with E-state index in [1.807, 2.05) is 12.1 Å². The van der Waals surface area contributed by atoms with Gasteiger partial charge in [-0.1, -0.05) is 103 Å². The Bertz CT molecular complexity index is 441. The van der Waals surface area contributed by atoms with Crippen molar-refractivity contribution >= 4 is 45.5 Å². The minimum absolute atomic E-state index is 0. The van der Waals surface area contributed by atoms with Gasteiger partial charge in [-0.2, -0.15) is 0 Å². The van der Waals surface area contributed by atoms with Gasteiger partial charge in [-0.25, -0.2) is 0 Å². The van der Waals surface area contributed by atoms with Crippen LogP contribution in [0.15, 0.2) is 18.2 Å². The molecule has 2 heteroatoms. The van der Waals surface area contributed by atoms with Crippen LogP contribution in [0.2, 0.25) is 0 Å². The van der Waals surface area contributed by atoms with Gasteiger partial charge in [0.15, 0.2) is 0 Å². The smallest absolute Gasteiger partial charge is 1.00 e. The van der Waals surface area contributed by atoms with Crippen LogP contribution in [0.5, 0.6) is 5.75 Å². The van der Waals surface area contributed by atoms with Gasteiger partial charge in [-0.15, -0.1) is 0 Å². The standard InChI is InChI=1S/C24H42O.Sr.2H/c1-3-5-7-9-11-13-15-18-22-19-17-21-24(25)23(22)20-16-14-12-10-8-6-4-2;;;/h17,19,21,25H,3-16,18,20H2,1-2H3;;;/q;+2;2*-1. The molecule has 0 aromatic heterocycles. The van der Waals surface area contributed by atoms with E-state index >= 15 is 0 Å². The van der Waals surface area contributed by atoms with Gasteiger partial charge in [-0.3, -0.25) is 0 Å². The van der Waals surface area contributed by atoms with Crippen LogP contribution in [-0.4, -0.2) is 50.6 Å². The molecule has 0 spiro atoms. The number of hydrogen-bond acceptors (Lipinski definition) is 1. The van der Waals surface area contributed by atoms with Crippen molar-refractivity contribution in [3.05, 3.63) is 29.3 Å². The third kappa shape index (κ3) is 12.8. The van der Waals surface area contributed by atoms with E-state index in [1.165, 1.54) is 101 Å². The van der Waals surface area contributed by atoms with E-state index in [-0.39, 0.29) is 48.3 Å². The fraction of sp³-hybridized carbons (Fsp3) is 0.750. The quantitative estimate of drug-likeness (QED) is 0.207. The number of phenolic OH excluding ortho intramolecular Hbond substituents is 1. The zero-order chi connectivity index (χ0) is 18.2. The first-order valence-electron chi connectivity index (χ1n) is 11.1. The summed E-state index contributed by atoms with van der Waals surface area (Å²) in [5.41, 5.74) is 2.61. The number of rotatable bonds is 16. The Hall–Kier alpha value is 0.501. The molecule has 0 atom stereocenters. The van der Waals surface area contributed by atoms with Crippen LogP contribution in [-0.2, 0) is 12.8 Å². The minimum Gasteiger partial charge on any atom is -1.00 e. The Kier molecular flexibility index (Phi) is 19.2. The molecule has 1 nitrogen and oxygen atoms in total. The van der Waals surface area contributed by atoms with Gasteiger partial charge in [0.25, 0.3) is 0 Å². The number of phenols is 1. The first-order chi connectivity index (χ1) is 12.3. The molecule has 0 radical (unpaired) electrons. The second-order valence-corrected chi connectivity index (χ2v) is 7.66. The van der Waals surface area contributed by atoms with Crippen LogP contribution >= 0.6 is 0 Å². The molecule has 0 aliphatic carbocycles. The average molecular weight is 436 g/mol. The van der Waals surface area contributed by atoms with Gasteiger partial charge in [0.1, 0.15) is 5.75 Å². The van der Waals surface area contributed by atoms with Crippen molar-refractivity contribution in [1.29, 1.82) is 0 Å². The number of unbranched alkanes of at least 4 members (excludes halogenated alkanes) is 12. The average Bonchev–Trinajstić information content (AvgIpc) is 2.62. The van der Waals surface area contributed by atoms with Gasteiger partial charge in [0.2, 0.25) is 0 Å². The fourth-order valence-electron chi connectivity index (χ4n) is 3.68. The molecule has 0 fully saturated rings. The number of benzene rings is 1. The van der Waals surface area contributed by atoms with Crippen molar-refractivity contribution < 1.29 is 7.96 Å². The van der Waals surface area contributed by atoms with E-state index in [4.69, 9.17) is 0 Å². The molecule has 0 bridgehead atoms. The van der Waals surface area contributed by atoms with E-state index in [2.05, 4.69) is 19.9 Å². The molecule has 0 saturated carbocycles. The van der Waals surface area contributed by atoms with Crippen LogP contribution in [0.4, 0.5) is 0 Å². The summed E-state index contributed by atoms with van der Waals surface area (Å²) in [4.78, 5) is 0. The first-order valence-corrected chi connectivity index (χ1v) is 11.1.